The van der Waals surface area contributed by atoms with Crippen LogP contribution in [0.5, 0.6) is 0 Å². The van der Waals surface area contributed by atoms with E-state index in [1.165, 1.54) is 0 Å². The summed E-state index contributed by atoms with van der Waals surface area (Å²) in [4.78, 5) is 11.1. The van der Waals surface area contributed by atoms with Gasteiger partial charge in [-0.15, -0.1) is 0 Å². The quantitative estimate of drug-likeness (QED) is 0.932. The molecule has 2 N–H and O–H groups in total. The summed E-state index contributed by atoms with van der Waals surface area (Å²) in [6.07, 6.45) is 0. The summed E-state index contributed by atoms with van der Waals surface area (Å²) in [7, 11) is 0. The van der Waals surface area contributed by atoms with Crippen molar-refractivity contribution in [1.29, 1.82) is 0 Å². The summed E-state index contributed by atoms with van der Waals surface area (Å²) in [6.45, 7) is 12.3. The number of aromatic nitrogens is 2. The molecular formula is C12H21BrN4. The molecule has 0 atom stereocenters. The van der Waals surface area contributed by atoms with Gasteiger partial charge >= 0.3 is 0 Å². The highest BCUT2D eigenvalue weighted by Crippen LogP contribution is 2.32. The summed E-state index contributed by atoms with van der Waals surface area (Å²) in [5.74, 6) is 1.22. The van der Waals surface area contributed by atoms with E-state index in [0.717, 1.165) is 23.3 Å². The molecule has 1 rings (SSSR count). The second kappa shape index (κ2) is 5.21. The summed E-state index contributed by atoms with van der Waals surface area (Å²) in [5.41, 5.74) is 6.83. The van der Waals surface area contributed by atoms with Gasteiger partial charge in [0.15, 0.2) is 0 Å². The smallest absolute Gasteiger partial charge is 0.227 e. The van der Waals surface area contributed by atoms with Crippen LogP contribution < -0.4 is 10.6 Å². The molecule has 1 heterocycles. The molecule has 0 unspecified atom stereocenters. The van der Waals surface area contributed by atoms with Gasteiger partial charge in [-0.3, -0.25) is 0 Å². The summed E-state index contributed by atoms with van der Waals surface area (Å²) in [5, 5.41) is 0. The van der Waals surface area contributed by atoms with Gasteiger partial charge in [-0.25, -0.2) is 4.98 Å². The molecule has 1 aromatic heterocycles. The van der Waals surface area contributed by atoms with E-state index in [9.17, 15) is 0 Å². The zero-order valence-electron chi connectivity index (χ0n) is 11.2. The Kier molecular flexibility index (Phi) is 4.36. The van der Waals surface area contributed by atoms with E-state index in [1.807, 2.05) is 0 Å². The van der Waals surface area contributed by atoms with Crippen molar-refractivity contribution in [2.24, 2.45) is 0 Å². The van der Waals surface area contributed by atoms with Crippen LogP contribution in [0.3, 0.4) is 0 Å². The van der Waals surface area contributed by atoms with Crippen LogP contribution in [0.25, 0.3) is 0 Å². The fourth-order valence-corrected chi connectivity index (χ4v) is 2.37. The lowest BCUT2D eigenvalue weighted by molar-refractivity contribution is 0.562. The first kappa shape index (κ1) is 14.2. The van der Waals surface area contributed by atoms with E-state index in [-0.39, 0.29) is 5.41 Å². The zero-order chi connectivity index (χ0) is 13.2. The first-order valence-corrected chi connectivity index (χ1v) is 6.69. The molecule has 0 spiro atoms. The van der Waals surface area contributed by atoms with Gasteiger partial charge < -0.3 is 10.6 Å². The molecule has 0 aliphatic rings. The molecular weight excluding hydrogens is 280 g/mol. The lowest BCUT2D eigenvalue weighted by Crippen LogP contribution is -2.27. The first-order chi connectivity index (χ1) is 7.81. The molecule has 0 aliphatic heterocycles. The fraction of sp³-hybridized carbons (Fsp3) is 0.667. The minimum absolute atomic E-state index is 0.0577. The Balaban J connectivity index is 3.33. The van der Waals surface area contributed by atoms with Gasteiger partial charge in [0.25, 0.3) is 0 Å². The maximum Gasteiger partial charge on any atom is 0.227 e. The third-order valence-corrected chi connectivity index (χ3v) is 3.40. The Bertz CT molecular complexity index is 394. The van der Waals surface area contributed by atoms with Gasteiger partial charge in [-0.05, 0) is 29.8 Å². The summed E-state index contributed by atoms with van der Waals surface area (Å²) < 4.78 is 0.806. The van der Waals surface area contributed by atoms with Crippen LogP contribution in [0.1, 0.15) is 40.3 Å². The SMILES string of the molecule is CCN(CC)c1nc(N)c(Br)c(C(C)(C)C)n1. The van der Waals surface area contributed by atoms with Crippen molar-refractivity contribution in [3.63, 3.8) is 0 Å². The molecule has 0 saturated heterocycles. The van der Waals surface area contributed by atoms with Crippen molar-refractivity contribution in [3.8, 4) is 0 Å². The zero-order valence-corrected chi connectivity index (χ0v) is 12.8. The van der Waals surface area contributed by atoms with Gasteiger partial charge in [0, 0.05) is 18.5 Å². The topological polar surface area (TPSA) is 55.0 Å². The monoisotopic (exact) mass is 300 g/mol. The molecule has 0 radical (unpaired) electrons. The standard InChI is InChI=1S/C12H21BrN4/c1-6-17(7-2)11-15-9(12(3,4)5)8(13)10(14)16-11/h6-7H2,1-5H3,(H2,14,15,16). The molecule has 0 fully saturated rings. The van der Waals surface area contributed by atoms with Crippen LogP contribution in [0.2, 0.25) is 0 Å². The maximum atomic E-state index is 5.94. The van der Waals surface area contributed by atoms with Crippen LogP contribution in [-0.4, -0.2) is 23.1 Å². The summed E-state index contributed by atoms with van der Waals surface area (Å²) >= 11 is 3.47. The van der Waals surface area contributed by atoms with Gasteiger partial charge in [0.2, 0.25) is 5.95 Å². The largest absolute Gasteiger partial charge is 0.383 e. The van der Waals surface area contributed by atoms with Crippen molar-refractivity contribution >= 4 is 27.7 Å². The number of nitrogen functional groups attached to an aromatic ring is 1. The highest BCUT2D eigenvalue weighted by atomic mass is 79.9. The normalized spacial score (nSPS) is 11.6. The molecule has 5 heteroatoms. The predicted octanol–water partition coefficient (Wildman–Crippen LogP) is 2.97. The Morgan fingerprint density at radius 3 is 2.12 bits per heavy atom. The molecule has 1 aromatic rings. The van der Waals surface area contributed by atoms with Crippen molar-refractivity contribution in [2.45, 2.75) is 40.0 Å². The molecule has 0 saturated carbocycles. The van der Waals surface area contributed by atoms with E-state index in [1.54, 1.807) is 0 Å². The average molecular weight is 301 g/mol. The molecule has 0 aliphatic carbocycles. The fourth-order valence-electron chi connectivity index (χ4n) is 1.60. The Morgan fingerprint density at radius 2 is 1.71 bits per heavy atom. The van der Waals surface area contributed by atoms with Crippen LogP contribution in [0.15, 0.2) is 4.47 Å². The lowest BCUT2D eigenvalue weighted by Gasteiger charge is -2.24. The van der Waals surface area contributed by atoms with Gasteiger partial charge in [0.05, 0.1) is 10.2 Å². The number of hydrogen-bond donors (Lipinski definition) is 1. The van der Waals surface area contributed by atoms with Crippen molar-refractivity contribution < 1.29 is 0 Å². The lowest BCUT2D eigenvalue weighted by atomic mass is 9.92. The van der Waals surface area contributed by atoms with E-state index in [2.05, 4.69) is 65.4 Å². The minimum Gasteiger partial charge on any atom is -0.383 e. The van der Waals surface area contributed by atoms with Crippen LogP contribution in [0.4, 0.5) is 11.8 Å². The molecule has 0 bridgehead atoms. The van der Waals surface area contributed by atoms with E-state index in [0.29, 0.717) is 11.8 Å². The molecule has 96 valence electrons. The number of hydrogen-bond acceptors (Lipinski definition) is 4. The van der Waals surface area contributed by atoms with Crippen molar-refractivity contribution in [2.75, 3.05) is 23.7 Å². The predicted molar refractivity (Wildman–Crippen MR) is 76.4 cm³/mol. The van der Waals surface area contributed by atoms with Crippen LogP contribution in [-0.2, 0) is 5.41 Å². The first-order valence-electron chi connectivity index (χ1n) is 5.89. The van der Waals surface area contributed by atoms with Crippen molar-refractivity contribution in [3.05, 3.63) is 10.2 Å². The Morgan fingerprint density at radius 1 is 1.18 bits per heavy atom. The maximum absolute atomic E-state index is 5.94. The third kappa shape index (κ3) is 3.09. The summed E-state index contributed by atoms with van der Waals surface area (Å²) in [6, 6.07) is 0. The molecule has 4 nitrogen and oxygen atoms in total. The average Bonchev–Trinajstić information content (AvgIpc) is 2.23. The number of nitrogens with two attached hydrogens (primary N) is 1. The second-order valence-corrected chi connectivity index (χ2v) is 5.79. The van der Waals surface area contributed by atoms with E-state index < -0.39 is 0 Å². The highest BCUT2D eigenvalue weighted by molar-refractivity contribution is 9.10. The van der Waals surface area contributed by atoms with Crippen LogP contribution in [0, 0.1) is 0 Å². The molecule has 0 aromatic carbocycles. The Hall–Kier alpha value is -0.840. The van der Waals surface area contributed by atoms with E-state index >= 15 is 0 Å². The number of nitrogens with zero attached hydrogens (tertiary/aromatic N) is 3. The van der Waals surface area contributed by atoms with Crippen LogP contribution >= 0.6 is 15.9 Å². The third-order valence-electron chi connectivity index (χ3n) is 2.62. The minimum atomic E-state index is -0.0577. The number of anilines is 2. The molecule has 17 heavy (non-hydrogen) atoms. The van der Waals surface area contributed by atoms with Gasteiger partial charge in [-0.2, -0.15) is 4.98 Å². The number of rotatable bonds is 3. The highest BCUT2D eigenvalue weighted by Gasteiger charge is 2.23. The number of halogens is 1. The second-order valence-electron chi connectivity index (χ2n) is 4.99. The Labute approximate surface area is 112 Å². The van der Waals surface area contributed by atoms with Gasteiger partial charge in [0.1, 0.15) is 5.82 Å². The van der Waals surface area contributed by atoms with Crippen molar-refractivity contribution in [1.82, 2.24) is 9.97 Å². The van der Waals surface area contributed by atoms with Gasteiger partial charge in [-0.1, -0.05) is 20.8 Å². The molecule has 0 amide bonds. The van der Waals surface area contributed by atoms with E-state index in [4.69, 9.17) is 5.73 Å².